The van der Waals surface area contributed by atoms with E-state index in [1.807, 2.05) is 6.07 Å². The minimum Gasteiger partial charge on any atom is -0.495 e. The maximum Gasteiger partial charge on any atom is 0.367 e. The molecule has 3 nitrogen and oxygen atoms in total. The Kier molecular flexibility index (Phi) is 6.56. The maximum absolute atomic E-state index is 14.7. The molecule has 0 aliphatic heterocycles. The number of benzene rings is 1. The van der Waals surface area contributed by atoms with E-state index in [4.69, 9.17) is 9.47 Å². The molecule has 0 N–H and O–H groups in total. The lowest BCUT2D eigenvalue weighted by atomic mass is 9.70. The second-order valence-corrected chi connectivity index (χ2v) is 8.55. The quantitative estimate of drug-likeness (QED) is 0.391. The molecule has 27 heavy (non-hydrogen) atoms. The van der Waals surface area contributed by atoms with Gasteiger partial charge in [-0.15, -0.1) is 0 Å². The predicted molar refractivity (Wildman–Crippen MR) is 111 cm³/mol. The SMILES string of the molecule is CCOC(=O)/C(F)=C(/C)c1cc2c(c(Br)c1OC)C(C)(C)CC=C2C(C)C. The van der Waals surface area contributed by atoms with Gasteiger partial charge in [-0.1, -0.05) is 33.8 Å². The van der Waals surface area contributed by atoms with Gasteiger partial charge in [0, 0.05) is 11.1 Å². The zero-order chi connectivity index (χ0) is 20.5. The van der Waals surface area contributed by atoms with Crippen LogP contribution in [0.2, 0.25) is 0 Å². The largest absolute Gasteiger partial charge is 0.495 e. The van der Waals surface area contributed by atoms with Crippen molar-refractivity contribution in [1.82, 2.24) is 0 Å². The van der Waals surface area contributed by atoms with Crippen molar-refractivity contribution in [2.45, 2.75) is 53.4 Å². The van der Waals surface area contributed by atoms with Crippen molar-refractivity contribution in [3.8, 4) is 5.75 Å². The van der Waals surface area contributed by atoms with Crippen LogP contribution in [-0.4, -0.2) is 19.7 Å². The van der Waals surface area contributed by atoms with Gasteiger partial charge in [0.15, 0.2) is 0 Å². The first-order valence-corrected chi connectivity index (χ1v) is 10.0. The molecular formula is C22H28BrFO3. The molecule has 2 rings (SSSR count). The molecule has 148 valence electrons. The standard InChI is InChI=1S/C22H28BrFO3/c1-8-27-21(25)19(24)13(4)15-11-16-14(12(2)3)9-10-22(5,6)17(16)18(23)20(15)26-7/h9,11-12H,8,10H2,1-7H3/b19-13+. The van der Waals surface area contributed by atoms with Gasteiger partial charge in [0.25, 0.3) is 0 Å². The van der Waals surface area contributed by atoms with Gasteiger partial charge < -0.3 is 9.47 Å². The summed E-state index contributed by atoms with van der Waals surface area (Å²) in [6.45, 7) is 12.0. The summed E-state index contributed by atoms with van der Waals surface area (Å²) in [6, 6.07) is 1.94. The molecule has 0 spiro atoms. The van der Waals surface area contributed by atoms with Crippen molar-refractivity contribution in [3.63, 3.8) is 0 Å². The van der Waals surface area contributed by atoms with Gasteiger partial charge >= 0.3 is 5.97 Å². The number of ether oxygens (including phenoxy) is 2. The van der Waals surface area contributed by atoms with E-state index in [1.54, 1.807) is 21.0 Å². The highest BCUT2D eigenvalue weighted by molar-refractivity contribution is 9.10. The molecule has 1 aromatic carbocycles. The van der Waals surface area contributed by atoms with Gasteiger partial charge in [-0.3, -0.25) is 0 Å². The third-order valence-electron chi connectivity index (χ3n) is 5.06. The molecule has 0 aromatic heterocycles. The van der Waals surface area contributed by atoms with E-state index in [9.17, 15) is 9.18 Å². The van der Waals surface area contributed by atoms with Crippen LogP contribution < -0.4 is 4.74 Å². The third kappa shape index (κ3) is 3.98. The van der Waals surface area contributed by atoms with Gasteiger partial charge in [0.2, 0.25) is 5.83 Å². The maximum atomic E-state index is 14.7. The molecule has 0 saturated heterocycles. The van der Waals surface area contributed by atoms with E-state index < -0.39 is 11.8 Å². The number of methoxy groups -OCH3 is 1. The van der Waals surface area contributed by atoms with Crippen LogP contribution in [-0.2, 0) is 14.9 Å². The highest BCUT2D eigenvalue weighted by atomic mass is 79.9. The summed E-state index contributed by atoms with van der Waals surface area (Å²) in [5, 5.41) is 0. The highest BCUT2D eigenvalue weighted by Gasteiger charge is 2.34. The first-order valence-electron chi connectivity index (χ1n) is 9.22. The number of hydrogen-bond acceptors (Lipinski definition) is 3. The molecular weight excluding hydrogens is 411 g/mol. The Balaban J connectivity index is 2.82. The lowest BCUT2D eigenvalue weighted by molar-refractivity contribution is -0.140. The Morgan fingerprint density at radius 2 is 2.00 bits per heavy atom. The van der Waals surface area contributed by atoms with E-state index >= 15 is 0 Å². The second kappa shape index (κ2) is 8.17. The Morgan fingerprint density at radius 1 is 1.37 bits per heavy atom. The number of hydrogen-bond donors (Lipinski definition) is 0. The van der Waals surface area contributed by atoms with Gasteiger partial charge in [-0.25, -0.2) is 4.79 Å². The van der Waals surface area contributed by atoms with Crippen LogP contribution in [0.4, 0.5) is 4.39 Å². The molecule has 0 saturated carbocycles. The summed E-state index contributed by atoms with van der Waals surface area (Å²) in [4.78, 5) is 11.9. The smallest absolute Gasteiger partial charge is 0.367 e. The zero-order valence-electron chi connectivity index (χ0n) is 17.1. The number of allylic oxidation sites excluding steroid dienone is 3. The lowest BCUT2D eigenvalue weighted by Crippen LogP contribution is -2.24. The number of esters is 1. The molecule has 0 fully saturated rings. The van der Waals surface area contributed by atoms with E-state index in [0.29, 0.717) is 17.2 Å². The van der Waals surface area contributed by atoms with Gasteiger partial charge in [-0.05, 0) is 70.3 Å². The second-order valence-electron chi connectivity index (χ2n) is 7.76. The number of fused-ring (bicyclic) bond motifs is 1. The third-order valence-corrected chi connectivity index (χ3v) is 5.81. The van der Waals surface area contributed by atoms with Crippen LogP contribution in [0.3, 0.4) is 0 Å². The van der Waals surface area contributed by atoms with E-state index in [0.717, 1.165) is 22.0 Å². The summed E-state index contributed by atoms with van der Waals surface area (Å²) >= 11 is 3.70. The molecule has 1 aromatic rings. The zero-order valence-corrected chi connectivity index (χ0v) is 18.7. The Labute approximate surface area is 169 Å². The number of halogens is 2. The number of carbonyl (C=O) groups is 1. The first-order chi connectivity index (χ1) is 12.6. The average Bonchev–Trinajstić information content (AvgIpc) is 2.59. The normalized spacial score (nSPS) is 16.4. The lowest BCUT2D eigenvalue weighted by Gasteiger charge is -2.35. The van der Waals surface area contributed by atoms with Gasteiger partial charge in [-0.2, -0.15) is 4.39 Å². The minimum atomic E-state index is -0.953. The minimum absolute atomic E-state index is 0.0876. The summed E-state index contributed by atoms with van der Waals surface area (Å²) < 4.78 is 25.9. The molecule has 0 atom stereocenters. The number of carbonyl (C=O) groups excluding carboxylic acids is 1. The van der Waals surface area contributed by atoms with Crippen molar-refractivity contribution >= 4 is 33.0 Å². The van der Waals surface area contributed by atoms with Crippen molar-refractivity contribution in [3.05, 3.63) is 39.1 Å². The summed E-state index contributed by atoms with van der Waals surface area (Å²) in [6.07, 6.45) is 3.18. The van der Waals surface area contributed by atoms with Crippen LogP contribution in [0, 0.1) is 5.92 Å². The monoisotopic (exact) mass is 438 g/mol. The van der Waals surface area contributed by atoms with E-state index in [1.165, 1.54) is 5.57 Å². The fourth-order valence-corrected chi connectivity index (χ4v) is 4.71. The van der Waals surface area contributed by atoms with Crippen LogP contribution in [0.5, 0.6) is 5.75 Å². The summed E-state index contributed by atoms with van der Waals surface area (Å²) in [5.41, 5.74) is 4.12. The molecule has 0 unspecified atom stereocenters. The molecule has 0 heterocycles. The Hall–Kier alpha value is -1.62. The summed E-state index contributed by atoms with van der Waals surface area (Å²) in [7, 11) is 1.56. The average molecular weight is 439 g/mol. The fraction of sp³-hybridized carbons (Fsp3) is 0.500. The molecule has 0 bridgehead atoms. The topological polar surface area (TPSA) is 35.5 Å². The van der Waals surface area contributed by atoms with Crippen LogP contribution in [0.25, 0.3) is 11.1 Å². The van der Waals surface area contributed by atoms with E-state index in [-0.39, 0.29) is 17.6 Å². The van der Waals surface area contributed by atoms with Crippen molar-refractivity contribution in [2.24, 2.45) is 5.92 Å². The predicted octanol–water partition coefficient (Wildman–Crippen LogP) is 6.44. The highest BCUT2D eigenvalue weighted by Crippen LogP contribution is 2.50. The molecule has 0 radical (unpaired) electrons. The molecule has 5 heteroatoms. The van der Waals surface area contributed by atoms with Gasteiger partial charge in [0.05, 0.1) is 18.2 Å². The fourth-order valence-electron chi connectivity index (χ4n) is 3.59. The first kappa shape index (κ1) is 21.7. The van der Waals surface area contributed by atoms with Crippen LogP contribution in [0.15, 0.2) is 22.4 Å². The molecule has 1 aliphatic rings. The number of rotatable bonds is 5. The van der Waals surface area contributed by atoms with Crippen LogP contribution >= 0.6 is 15.9 Å². The Morgan fingerprint density at radius 3 is 2.52 bits per heavy atom. The van der Waals surface area contributed by atoms with Crippen molar-refractivity contribution in [1.29, 1.82) is 0 Å². The van der Waals surface area contributed by atoms with Crippen molar-refractivity contribution < 1.29 is 18.7 Å². The summed E-state index contributed by atoms with van der Waals surface area (Å²) in [5.74, 6) is -0.992. The molecule has 0 amide bonds. The Bertz CT molecular complexity index is 819. The van der Waals surface area contributed by atoms with E-state index in [2.05, 4.69) is 49.7 Å². The van der Waals surface area contributed by atoms with Gasteiger partial charge in [0.1, 0.15) is 5.75 Å². The molecule has 1 aliphatic carbocycles. The van der Waals surface area contributed by atoms with Crippen LogP contribution in [0.1, 0.15) is 64.7 Å². The van der Waals surface area contributed by atoms with Crippen molar-refractivity contribution in [2.75, 3.05) is 13.7 Å².